The van der Waals surface area contributed by atoms with Gasteiger partial charge in [-0.25, -0.2) is 0 Å². The normalized spacial score (nSPS) is 20.7. The van der Waals surface area contributed by atoms with Crippen LogP contribution >= 0.6 is 11.3 Å². The molecule has 3 N–H and O–H groups in total. The summed E-state index contributed by atoms with van der Waals surface area (Å²) in [5.74, 6) is 0.143. The molecular formula is C14H25N5OS. The van der Waals surface area contributed by atoms with Gasteiger partial charge in [-0.15, -0.1) is 10.2 Å². The highest BCUT2D eigenvalue weighted by Gasteiger charge is 2.32. The lowest BCUT2D eigenvalue weighted by atomic mass is 9.94. The number of nitrogens with zero attached hydrogens (tertiary/aromatic N) is 3. The number of carbonyl (C=O) groups excluding carboxylic acids is 1. The molecule has 118 valence electrons. The van der Waals surface area contributed by atoms with E-state index in [4.69, 9.17) is 5.73 Å². The lowest BCUT2D eigenvalue weighted by Crippen LogP contribution is -2.49. The van der Waals surface area contributed by atoms with Crippen LogP contribution in [-0.4, -0.2) is 40.1 Å². The third-order valence-corrected chi connectivity index (χ3v) is 5.04. The van der Waals surface area contributed by atoms with Gasteiger partial charge in [0.1, 0.15) is 5.01 Å². The van der Waals surface area contributed by atoms with Crippen LogP contribution in [0.5, 0.6) is 0 Å². The fraction of sp³-hybridized carbons (Fsp3) is 0.786. The monoisotopic (exact) mass is 311 g/mol. The van der Waals surface area contributed by atoms with Crippen LogP contribution in [0.15, 0.2) is 0 Å². The molecular weight excluding hydrogens is 286 g/mol. The molecule has 1 atom stereocenters. The van der Waals surface area contributed by atoms with E-state index in [1.807, 2.05) is 13.8 Å². The Bertz CT molecular complexity index is 499. The molecule has 21 heavy (non-hydrogen) atoms. The van der Waals surface area contributed by atoms with Crippen LogP contribution in [0.3, 0.4) is 0 Å². The van der Waals surface area contributed by atoms with Crippen molar-refractivity contribution in [3.8, 4) is 0 Å². The van der Waals surface area contributed by atoms with Gasteiger partial charge in [-0.05, 0) is 47.1 Å². The molecule has 1 aromatic rings. The van der Waals surface area contributed by atoms with Gasteiger partial charge in [-0.3, -0.25) is 4.79 Å². The summed E-state index contributed by atoms with van der Waals surface area (Å²) in [6.45, 7) is 10.1. The van der Waals surface area contributed by atoms with Crippen molar-refractivity contribution in [1.29, 1.82) is 0 Å². The summed E-state index contributed by atoms with van der Waals surface area (Å²) >= 11 is 1.32. The predicted molar refractivity (Wildman–Crippen MR) is 84.9 cm³/mol. The van der Waals surface area contributed by atoms with Crippen molar-refractivity contribution in [2.45, 2.75) is 52.1 Å². The van der Waals surface area contributed by atoms with Crippen LogP contribution in [0.4, 0.5) is 5.13 Å². The Balaban J connectivity index is 2.00. The Morgan fingerprint density at radius 3 is 2.76 bits per heavy atom. The molecule has 0 saturated carbocycles. The number of anilines is 1. The molecule has 0 aliphatic carbocycles. The van der Waals surface area contributed by atoms with Crippen molar-refractivity contribution in [2.24, 2.45) is 5.92 Å². The molecule has 1 saturated heterocycles. The van der Waals surface area contributed by atoms with Crippen molar-refractivity contribution in [1.82, 2.24) is 20.4 Å². The maximum Gasteiger partial charge on any atom is 0.225 e. The Hall–Kier alpha value is -1.21. The number of rotatable bonds is 4. The van der Waals surface area contributed by atoms with Gasteiger partial charge >= 0.3 is 0 Å². The lowest BCUT2D eigenvalue weighted by Gasteiger charge is -2.36. The van der Waals surface area contributed by atoms with Crippen molar-refractivity contribution >= 4 is 22.4 Å². The van der Waals surface area contributed by atoms with E-state index in [1.54, 1.807) is 0 Å². The van der Waals surface area contributed by atoms with Crippen LogP contribution in [0.2, 0.25) is 0 Å². The summed E-state index contributed by atoms with van der Waals surface area (Å²) in [4.78, 5) is 14.9. The van der Waals surface area contributed by atoms with E-state index in [-0.39, 0.29) is 11.8 Å². The second-order valence-electron chi connectivity index (χ2n) is 6.49. The van der Waals surface area contributed by atoms with Crippen molar-refractivity contribution in [3.63, 3.8) is 0 Å². The average molecular weight is 311 g/mol. The fourth-order valence-electron chi connectivity index (χ4n) is 2.64. The molecule has 0 radical (unpaired) electrons. The number of hydrogen-bond acceptors (Lipinski definition) is 6. The topological polar surface area (TPSA) is 84.1 Å². The first-order valence-electron chi connectivity index (χ1n) is 7.45. The molecule has 2 heterocycles. The molecule has 2 rings (SSSR count). The number of hydrogen-bond donors (Lipinski definition) is 2. The van der Waals surface area contributed by atoms with E-state index < -0.39 is 5.54 Å². The van der Waals surface area contributed by atoms with Crippen molar-refractivity contribution < 1.29 is 4.79 Å². The zero-order valence-corrected chi connectivity index (χ0v) is 14.0. The second-order valence-corrected chi connectivity index (χ2v) is 7.50. The Labute approximate surface area is 130 Å². The third-order valence-electron chi connectivity index (χ3n) is 3.96. The van der Waals surface area contributed by atoms with E-state index in [1.165, 1.54) is 11.3 Å². The number of amides is 1. The maximum absolute atomic E-state index is 12.5. The molecule has 1 aliphatic rings. The first kappa shape index (κ1) is 16.2. The van der Waals surface area contributed by atoms with Crippen LogP contribution in [-0.2, 0) is 10.3 Å². The number of piperidine rings is 1. The first-order chi connectivity index (χ1) is 9.79. The largest absolute Gasteiger partial charge is 0.374 e. The van der Waals surface area contributed by atoms with Gasteiger partial charge < -0.3 is 16.0 Å². The van der Waals surface area contributed by atoms with Gasteiger partial charge in [0.25, 0.3) is 0 Å². The lowest BCUT2D eigenvalue weighted by molar-refractivity contribution is -0.128. The number of nitrogens with one attached hydrogen (secondary N) is 1. The summed E-state index contributed by atoms with van der Waals surface area (Å²) in [5.41, 5.74) is 5.09. The number of nitrogens with two attached hydrogens (primary N) is 1. The van der Waals surface area contributed by atoms with E-state index in [2.05, 4.69) is 34.3 Å². The Kier molecular flexibility index (Phi) is 4.83. The molecule has 6 nitrogen and oxygen atoms in total. The molecule has 7 heteroatoms. The maximum atomic E-state index is 12.5. The fourth-order valence-corrected chi connectivity index (χ4v) is 3.31. The van der Waals surface area contributed by atoms with Gasteiger partial charge in [0.2, 0.25) is 11.0 Å². The van der Waals surface area contributed by atoms with Gasteiger partial charge in [-0.2, -0.15) is 0 Å². The highest BCUT2D eigenvalue weighted by molar-refractivity contribution is 7.15. The third kappa shape index (κ3) is 3.91. The zero-order chi connectivity index (χ0) is 15.6. The molecule has 1 amide bonds. The van der Waals surface area contributed by atoms with E-state index in [0.29, 0.717) is 11.2 Å². The number of aromatic nitrogens is 2. The predicted octanol–water partition coefficient (Wildman–Crippen LogP) is 1.59. The van der Waals surface area contributed by atoms with E-state index in [0.717, 1.165) is 30.9 Å². The molecule has 0 bridgehead atoms. The zero-order valence-electron chi connectivity index (χ0n) is 13.2. The smallest absolute Gasteiger partial charge is 0.225 e. The molecule has 1 aromatic heterocycles. The van der Waals surface area contributed by atoms with Crippen LogP contribution in [0, 0.1) is 5.92 Å². The average Bonchev–Trinajstić information content (AvgIpc) is 2.86. The highest BCUT2D eigenvalue weighted by atomic mass is 32.1. The minimum Gasteiger partial charge on any atom is -0.374 e. The molecule has 0 aromatic carbocycles. The standard InChI is InChI=1S/C14H25N5OS/c1-9(2)19-7-5-6-10(8-19)11(20)16-14(3,4)12-17-18-13(15)21-12/h9-10H,5-8H2,1-4H3,(H2,15,18)(H,16,20)/t10-/m0/s1. The SMILES string of the molecule is CC(C)N1CCC[C@H](C(=O)NC(C)(C)c2nnc(N)s2)C1. The first-order valence-corrected chi connectivity index (χ1v) is 8.27. The summed E-state index contributed by atoms with van der Waals surface area (Å²) in [6.07, 6.45) is 2.02. The second kappa shape index (κ2) is 6.27. The van der Waals surface area contributed by atoms with Crippen LogP contribution < -0.4 is 11.1 Å². The van der Waals surface area contributed by atoms with E-state index in [9.17, 15) is 4.79 Å². The molecule has 1 aliphatic heterocycles. The van der Waals surface area contributed by atoms with Crippen LogP contribution in [0.25, 0.3) is 0 Å². The number of nitrogen functional groups attached to an aromatic ring is 1. The molecule has 1 fully saturated rings. The highest BCUT2D eigenvalue weighted by Crippen LogP contribution is 2.26. The van der Waals surface area contributed by atoms with Gasteiger partial charge in [0.15, 0.2) is 0 Å². The minimum atomic E-state index is -0.535. The summed E-state index contributed by atoms with van der Waals surface area (Å²) < 4.78 is 0. The van der Waals surface area contributed by atoms with Gasteiger partial charge in [-0.1, -0.05) is 11.3 Å². The van der Waals surface area contributed by atoms with Crippen molar-refractivity contribution in [3.05, 3.63) is 5.01 Å². The summed E-state index contributed by atoms with van der Waals surface area (Å²) in [6, 6.07) is 0.483. The van der Waals surface area contributed by atoms with Gasteiger partial charge in [0.05, 0.1) is 11.5 Å². The van der Waals surface area contributed by atoms with Crippen LogP contribution in [0.1, 0.15) is 45.5 Å². The molecule has 0 unspecified atom stereocenters. The molecule has 0 spiro atoms. The summed E-state index contributed by atoms with van der Waals surface area (Å²) in [7, 11) is 0. The van der Waals surface area contributed by atoms with Crippen molar-refractivity contribution in [2.75, 3.05) is 18.8 Å². The minimum absolute atomic E-state index is 0.0469. The Morgan fingerprint density at radius 1 is 1.48 bits per heavy atom. The quantitative estimate of drug-likeness (QED) is 0.882. The number of carbonyl (C=O) groups is 1. The number of likely N-dealkylation sites (tertiary alicyclic amines) is 1. The van der Waals surface area contributed by atoms with E-state index >= 15 is 0 Å². The summed E-state index contributed by atoms with van der Waals surface area (Å²) in [5, 5.41) is 12.1. The Morgan fingerprint density at radius 2 is 2.19 bits per heavy atom. The van der Waals surface area contributed by atoms with Gasteiger partial charge in [0, 0.05) is 12.6 Å².